The molecule has 100 valence electrons. The van der Waals surface area contributed by atoms with Crippen molar-refractivity contribution in [3.8, 4) is 5.69 Å². The second kappa shape index (κ2) is 4.68. The maximum atomic E-state index is 6.44. The number of halogens is 1. The predicted octanol–water partition coefficient (Wildman–Crippen LogP) is 5.16. The van der Waals surface area contributed by atoms with Crippen LogP contribution in [0.15, 0.2) is 48.5 Å². The SMILES string of the molecule is Clc1ccccc1-n1c2c(c3ccccc31)CCCC2. The molecular formula is C18H16ClN. The van der Waals surface area contributed by atoms with E-state index in [4.69, 9.17) is 11.6 Å². The molecule has 0 radical (unpaired) electrons. The molecule has 0 spiro atoms. The summed E-state index contributed by atoms with van der Waals surface area (Å²) in [5, 5.41) is 2.21. The topological polar surface area (TPSA) is 4.93 Å². The Morgan fingerprint density at radius 3 is 2.50 bits per heavy atom. The summed E-state index contributed by atoms with van der Waals surface area (Å²) in [6, 6.07) is 16.8. The molecule has 1 aromatic heterocycles. The van der Waals surface area contributed by atoms with E-state index in [1.54, 1.807) is 0 Å². The molecule has 1 aliphatic rings. The highest BCUT2D eigenvalue weighted by atomic mass is 35.5. The fraction of sp³-hybridized carbons (Fsp3) is 0.222. The fourth-order valence-electron chi connectivity index (χ4n) is 3.40. The Bertz CT molecular complexity index is 785. The van der Waals surface area contributed by atoms with Crippen LogP contribution in [0.4, 0.5) is 0 Å². The number of hydrogen-bond acceptors (Lipinski definition) is 0. The van der Waals surface area contributed by atoms with Crippen molar-refractivity contribution in [2.24, 2.45) is 0 Å². The van der Waals surface area contributed by atoms with Gasteiger partial charge in [-0.15, -0.1) is 0 Å². The van der Waals surface area contributed by atoms with Crippen molar-refractivity contribution < 1.29 is 0 Å². The number of rotatable bonds is 1. The molecule has 0 fully saturated rings. The van der Waals surface area contributed by atoms with Crippen LogP contribution in [0.3, 0.4) is 0 Å². The summed E-state index contributed by atoms with van der Waals surface area (Å²) in [4.78, 5) is 0. The monoisotopic (exact) mass is 281 g/mol. The third kappa shape index (κ3) is 1.70. The van der Waals surface area contributed by atoms with Gasteiger partial charge in [-0.2, -0.15) is 0 Å². The van der Waals surface area contributed by atoms with Crippen LogP contribution >= 0.6 is 11.6 Å². The number of benzene rings is 2. The van der Waals surface area contributed by atoms with Crippen LogP contribution in [0, 0.1) is 0 Å². The minimum Gasteiger partial charge on any atom is -0.312 e. The van der Waals surface area contributed by atoms with E-state index in [9.17, 15) is 0 Å². The summed E-state index contributed by atoms with van der Waals surface area (Å²) < 4.78 is 2.37. The van der Waals surface area contributed by atoms with E-state index in [1.807, 2.05) is 12.1 Å². The zero-order chi connectivity index (χ0) is 13.5. The number of fused-ring (bicyclic) bond motifs is 3. The highest BCUT2D eigenvalue weighted by molar-refractivity contribution is 6.32. The van der Waals surface area contributed by atoms with Crippen molar-refractivity contribution in [2.45, 2.75) is 25.7 Å². The van der Waals surface area contributed by atoms with Gasteiger partial charge in [0.05, 0.1) is 16.2 Å². The second-order valence-corrected chi connectivity index (χ2v) is 5.84. The molecule has 0 aliphatic heterocycles. The Morgan fingerprint density at radius 2 is 1.60 bits per heavy atom. The zero-order valence-corrected chi connectivity index (χ0v) is 12.0. The first-order chi connectivity index (χ1) is 9.86. The Hall–Kier alpha value is -1.73. The lowest BCUT2D eigenvalue weighted by atomic mass is 9.95. The minimum atomic E-state index is 0.821. The molecular weight excluding hydrogens is 266 g/mol. The molecule has 0 N–H and O–H groups in total. The molecule has 1 nitrogen and oxygen atoms in total. The molecule has 1 aliphatic carbocycles. The van der Waals surface area contributed by atoms with Gasteiger partial charge < -0.3 is 4.57 Å². The van der Waals surface area contributed by atoms with E-state index in [1.165, 1.54) is 41.4 Å². The average Bonchev–Trinajstić information content (AvgIpc) is 2.83. The molecule has 4 rings (SSSR count). The molecule has 0 saturated heterocycles. The van der Waals surface area contributed by atoms with Gasteiger partial charge in [0.25, 0.3) is 0 Å². The Morgan fingerprint density at radius 1 is 0.850 bits per heavy atom. The van der Waals surface area contributed by atoms with Gasteiger partial charge in [0.15, 0.2) is 0 Å². The van der Waals surface area contributed by atoms with Crippen molar-refractivity contribution in [1.82, 2.24) is 4.57 Å². The van der Waals surface area contributed by atoms with Crippen LogP contribution in [-0.2, 0) is 12.8 Å². The first-order valence-corrected chi connectivity index (χ1v) is 7.60. The zero-order valence-electron chi connectivity index (χ0n) is 11.3. The van der Waals surface area contributed by atoms with Crippen molar-refractivity contribution in [1.29, 1.82) is 0 Å². The van der Waals surface area contributed by atoms with Crippen LogP contribution in [0.5, 0.6) is 0 Å². The van der Waals surface area contributed by atoms with E-state index in [0.29, 0.717) is 0 Å². The van der Waals surface area contributed by atoms with Crippen molar-refractivity contribution in [3.63, 3.8) is 0 Å². The largest absolute Gasteiger partial charge is 0.312 e. The molecule has 0 amide bonds. The van der Waals surface area contributed by atoms with Gasteiger partial charge in [-0.1, -0.05) is 41.9 Å². The first-order valence-electron chi connectivity index (χ1n) is 7.22. The molecule has 0 atom stereocenters. The highest BCUT2D eigenvalue weighted by Gasteiger charge is 2.21. The van der Waals surface area contributed by atoms with E-state index in [-0.39, 0.29) is 0 Å². The molecule has 0 bridgehead atoms. The summed E-state index contributed by atoms with van der Waals surface area (Å²) >= 11 is 6.44. The van der Waals surface area contributed by atoms with Gasteiger partial charge in [0.2, 0.25) is 0 Å². The average molecular weight is 282 g/mol. The normalized spacial score (nSPS) is 14.4. The first kappa shape index (κ1) is 12.0. The van der Waals surface area contributed by atoms with E-state index in [2.05, 4.69) is 41.0 Å². The summed E-state index contributed by atoms with van der Waals surface area (Å²) in [5.41, 5.74) is 5.36. The van der Waals surface area contributed by atoms with Crippen LogP contribution in [0.25, 0.3) is 16.6 Å². The lowest BCUT2D eigenvalue weighted by molar-refractivity contribution is 0.667. The number of aromatic nitrogens is 1. The van der Waals surface area contributed by atoms with Crippen LogP contribution in [-0.4, -0.2) is 4.57 Å². The third-order valence-corrected chi connectivity index (χ3v) is 4.59. The van der Waals surface area contributed by atoms with E-state index < -0.39 is 0 Å². The summed E-state index contributed by atoms with van der Waals surface area (Å²) in [6.45, 7) is 0. The predicted molar refractivity (Wildman–Crippen MR) is 84.9 cm³/mol. The maximum Gasteiger partial charge on any atom is 0.0646 e. The lowest BCUT2D eigenvalue weighted by Gasteiger charge is -2.16. The van der Waals surface area contributed by atoms with Crippen molar-refractivity contribution in [2.75, 3.05) is 0 Å². The van der Waals surface area contributed by atoms with Crippen LogP contribution in [0.1, 0.15) is 24.1 Å². The molecule has 2 heteroatoms. The van der Waals surface area contributed by atoms with Gasteiger partial charge in [0.1, 0.15) is 0 Å². The molecule has 0 unspecified atom stereocenters. The smallest absolute Gasteiger partial charge is 0.0646 e. The van der Waals surface area contributed by atoms with Gasteiger partial charge in [-0.25, -0.2) is 0 Å². The Kier molecular flexibility index (Phi) is 2.82. The molecule has 0 saturated carbocycles. The third-order valence-electron chi connectivity index (χ3n) is 4.27. The Labute approximate surface area is 123 Å². The van der Waals surface area contributed by atoms with Crippen LogP contribution in [0.2, 0.25) is 5.02 Å². The van der Waals surface area contributed by atoms with Gasteiger partial charge in [-0.3, -0.25) is 0 Å². The van der Waals surface area contributed by atoms with E-state index in [0.717, 1.165) is 17.1 Å². The van der Waals surface area contributed by atoms with E-state index >= 15 is 0 Å². The number of para-hydroxylation sites is 2. The fourth-order valence-corrected chi connectivity index (χ4v) is 3.62. The van der Waals surface area contributed by atoms with Gasteiger partial charge >= 0.3 is 0 Å². The van der Waals surface area contributed by atoms with Crippen molar-refractivity contribution in [3.05, 3.63) is 64.8 Å². The number of aryl methyl sites for hydroxylation is 1. The van der Waals surface area contributed by atoms with Crippen molar-refractivity contribution >= 4 is 22.5 Å². The lowest BCUT2D eigenvalue weighted by Crippen LogP contribution is -2.07. The highest BCUT2D eigenvalue weighted by Crippen LogP contribution is 2.36. The molecule has 20 heavy (non-hydrogen) atoms. The molecule has 1 heterocycles. The summed E-state index contributed by atoms with van der Waals surface area (Å²) in [6.07, 6.45) is 4.90. The Balaban J connectivity index is 2.11. The summed E-state index contributed by atoms with van der Waals surface area (Å²) in [7, 11) is 0. The van der Waals surface area contributed by atoms with Gasteiger partial charge in [0, 0.05) is 11.1 Å². The maximum absolute atomic E-state index is 6.44. The summed E-state index contributed by atoms with van der Waals surface area (Å²) in [5.74, 6) is 0. The number of nitrogens with zero attached hydrogens (tertiary/aromatic N) is 1. The minimum absolute atomic E-state index is 0.821. The molecule has 3 aromatic rings. The quantitative estimate of drug-likeness (QED) is 0.580. The van der Waals surface area contributed by atoms with Gasteiger partial charge in [-0.05, 0) is 49.4 Å². The van der Waals surface area contributed by atoms with Crippen LogP contribution < -0.4 is 0 Å². The standard InChI is InChI=1S/C18H16ClN/c19-15-9-3-6-12-18(15)20-16-10-4-1-7-13(16)14-8-2-5-11-17(14)20/h1,3-4,6-7,9-10,12H,2,5,8,11H2. The number of hydrogen-bond donors (Lipinski definition) is 0. The second-order valence-electron chi connectivity index (χ2n) is 5.44. The molecule has 2 aromatic carbocycles.